The number of hydrogen-bond acceptors (Lipinski definition) is 2. The van der Waals surface area contributed by atoms with E-state index in [9.17, 15) is 0 Å². The van der Waals surface area contributed by atoms with Crippen LogP contribution in [0.2, 0.25) is 5.02 Å². The van der Waals surface area contributed by atoms with Gasteiger partial charge in [-0.25, -0.2) is 0 Å². The minimum atomic E-state index is 0.455. The maximum Gasteiger partial charge on any atom is 0.123 e. The van der Waals surface area contributed by atoms with Crippen LogP contribution in [-0.2, 0) is 6.54 Å². The third-order valence-electron chi connectivity index (χ3n) is 2.98. The molecule has 2 nitrogen and oxygen atoms in total. The molecule has 1 aromatic rings. The quantitative estimate of drug-likeness (QED) is 0.658. The molecular weight excluding hydrogens is 258 g/mol. The van der Waals surface area contributed by atoms with Crippen molar-refractivity contribution in [2.45, 2.75) is 59.0 Å². The second-order valence-corrected chi connectivity index (χ2v) is 5.63. The third-order valence-corrected chi connectivity index (χ3v) is 3.21. The molecule has 3 heteroatoms. The molecule has 1 N–H and O–H groups in total. The summed E-state index contributed by atoms with van der Waals surface area (Å²) in [7, 11) is 0. The largest absolute Gasteiger partial charge is 0.493 e. The third kappa shape index (κ3) is 6.84. The highest BCUT2D eigenvalue weighted by atomic mass is 35.5. The zero-order valence-corrected chi connectivity index (χ0v) is 13.1. The summed E-state index contributed by atoms with van der Waals surface area (Å²) in [5.74, 6) is 0.953. The van der Waals surface area contributed by atoms with Crippen molar-refractivity contribution in [1.29, 1.82) is 0 Å². The monoisotopic (exact) mass is 283 g/mol. The van der Waals surface area contributed by atoms with E-state index in [4.69, 9.17) is 16.3 Å². The van der Waals surface area contributed by atoms with Crippen LogP contribution in [0.3, 0.4) is 0 Å². The fraction of sp³-hybridized carbons (Fsp3) is 0.625. The van der Waals surface area contributed by atoms with Crippen LogP contribution in [0.5, 0.6) is 5.75 Å². The van der Waals surface area contributed by atoms with Crippen molar-refractivity contribution < 1.29 is 4.74 Å². The first-order chi connectivity index (χ1) is 9.13. The highest BCUT2D eigenvalue weighted by molar-refractivity contribution is 6.30. The van der Waals surface area contributed by atoms with Crippen LogP contribution < -0.4 is 10.1 Å². The molecule has 0 saturated heterocycles. The summed E-state index contributed by atoms with van der Waals surface area (Å²) >= 11 is 6.05. The van der Waals surface area contributed by atoms with E-state index in [0.29, 0.717) is 6.04 Å². The number of unbranched alkanes of at least 4 members (excludes halogenated alkanes) is 3. The number of ether oxygens (including phenoxy) is 1. The van der Waals surface area contributed by atoms with E-state index >= 15 is 0 Å². The van der Waals surface area contributed by atoms with Crippen LogP contribution in [0.1, 0.15) is 52.0 Å². The SMILES string of the molecule is CCCCCCOc1ccc(Cl)cc1CNC(C)C. The zero-order chi connectivity index (χ0) is 14.1. The molecule has 0 spiro atoms. The van der Waals surface area contributed by atoms with Gasteiger partial charge in [0.2, 0.25) is 0 Å². The summed E-state index contributed by atoms with van der Waals surface area (Å²) in [5, 5.41) is 4.16. The van der Waals surface area contributed by atoms with Gasteiger partial charge in [-0.1, -0.05) is 51.6 Å². The molecule has 0 saturated carbocycles. The highest BCUT2D eigenvalue weighted by Gasteiger charge is 2.05. The van der Waals surface area contributed by atoms with E-state index in [-0.39, 0.29) is 0 Å². The Labute approximate surface area is 122 Å². The molecule has 0 amide bonds. The van der Waals surface area contributed by atoms with Gasteiger partial charge < -0.3 is 10.1 Å². The van der Waals surface area contributed by atoms with E-state index < -0.39 is 0 Å². The van der Waals surface area contributed by atoms with Gasteiger partial charge in [0.1, 0.15) is 5.75 Å². The number of halogens is 1. The van der Waals surface area contributed by atoms with Crippen LogP contribution >= 0.6 is 11.6 Å². The van der Waals surface area contributed by atoms with Gasteiger partial charge in [-0.05, 0) is 24.6 Å². The normalized spacial score (nSPS) is 11.0. The molecule has 0 aliphatic rings. The van der Waals surface area contributed by atoms with Crippen molar-refractivity contribution in [3.05, 3.63) is 28.8 Å². The Morgan fingerprint density at radius 2 is 2.00 bits per heavy atom. The first kappa shape index (κ1) is 16.3. The lowest BCUT2D eigenvalue weighted by Gasteiger charge is -2.14. The molecule has 0 aliphatic heterocycles. The van der Waals surface area contributed by atoms with Gasteiger partial charge >= 0.3 is 0 Å². The maximum absolute atomic E-state index is 6.05. The van der Waals surface area contributed by atoms with Crippen molar-refractivity contribution in [1.82, 2.24) is 5.32 Å². The molecule has 0 fully saturated rings. The summed E-state index contributed by atoms with van der Waals surface area (Å²) in [5.41, 5.74) is 1.14. The molecule has 0 atom stereocenters. The van der Waals surface area contributed by atoms with Crippen LogP contribution in [0.4, 0.5) is 0 Å². The minimum Gasteiger partial charge on any atom is -0.493 e. The number of rotatable bonds is 9. The fourth-order valence-electron chi connectivity index (χ4n) is 1.85. The Morgan fingerprint density at radius 3 is 2.68 bits per heavy atom. The predicted molar refractivity (Wildman–Crippen MR) is 83.1 cm³/mol. The Bertz CT molecular complexity index is 366. The van der Waals surface area contributed by atoms with E-state index in [2.05, 4.69) is 26.1 Å². The first-order valence-corrected chi connectivity index (χ1v) is 7.66. The Kier molecular flexibility index (Phi) is 7.92. The molecule has 0 aliphatic carbocycles. The molecule has 0 unspecified atom stereocenters. The molecular formula is C16H26ClNO. The number of benzene rings is 1. The van der Waals surface area contributed by atoms with Crippen LogP contribution in [0.15, 0.2) is 18.2 Å². The standard InChI is InChI=1S/C16H26ClNO/c1-4-5-6-7-10-19-16-9-8-15(17)11-14(16)12-18-13(2)3/h8-9,11,13,18H,4-7,10,12H2,1-3H3. The molecule has 108 valence electrons. The number of hydrogen-bond donors (Lipinski definition) is 1. The lowest BCUT2D eigenvalue weighted by Crippen LogP contribution is -2.22. The summed E-state index contributed by atoms with van der Waals surface area (Å²) in [6.07, 6.45) is 4.90. The van der Waals surface area contributed by atoms with Gasteiger partial charge in [0.25, 0.3) is 0 Å². The van der Waals surface area contributed by atoms with Gasteiger partial charge in [-0.15, -0.1) is 0 Å². The summed E-state index contributed by atoms with van der Waals surface area (Å²) in [6, 6.07) is 6.30. The molecule has 0 radical (unpaired) electrons. The average Bonchev–Trinajstić information content (AvgIpc) is 2.38. The summed E-state index contributed by atoms with van der Waals surface area (Å²) < 4.78 is 5.87. The molecule has 1 rings (SSSR count). The van der Waals surface area contributed by atoms with Gasteiger partial charge in [0.15, 0.2) is 0 Å². The lowest BCUT2D eigenvalue weighted by molar-refractivity contribution is 0.301. The molecule has 19 heavy (non-hydrogen) atoms. The lowest BCUT2D eigenvalue weighted by atomic mass is 10.2. The summed E-state index contributed by atoms with van der Waals surface area (Å²) in [6.45, 7) is 8.07. The van der Waals surface area contributed by atoms with Crippen molar-refractivity contribution in [3.63, 3.8) is 0 Å². The first-order valence-electron chi connectivity index (χ1n) is 7.28. The van der Waals surface area contributed by atoms with Crippen LogP contribution in [-0.4, -0.2) is 12.6 Å². The Hall–Kier alpha value is -0.730. The zero-order valence-electron chi connectivity index (χ0n) is 12.3. The van der Waals surface area contributed by atoms with Crippen molar-refractivity contribution in [2.75, 3.05) is 6.61 Å². The second kappa shape index (κ2) is 9.22. The predicted octanol–water partition coefficient (Wildman–Crippen LogP) is 4.80. The van der Waals surface area contributed by atoms with Gasteiger partial charge in [-0.3, -0.25) is 0 Å². The molecule has 1 aromatic carbocycles. The fourth-order valence-corrected chi connectivity index (χ4v) is 2.05. The van der Waals surface area contributed by atoms with Crippen molar-refractivity contribution in [2.24, 2.45) is 0 Å². The van der Waals surface area contributed by atoms with E-state index in [1.165, 1.54) is 19.3 Å². The van der Waals surface area contributed by atoms with Gasteiger partial charge in [0, 0.05) is 23.2 Å². The maximum atomic E-state index is 6.05. The van der Waals surface area contributed by atoms with Gasteiger partial charge in [0.05, 0.1) is 6.61 Å². The Balaban J connectivity index is 2.50. The summed E-state index contributed by atoms with van der Waals surface area (Å²) in [4.78, 5) is 0. The van der Waals surface area contributed by atoms with Crippen LogP contribution in [0.25, 0.3) is 0 Å². The van der Waals surface area contributed by atoms with Crippen molar-refractivity contribution >= 4 is 11.6 Å². The topological polar surface area (TPSA) is 21.3 Å². The van der Waals surface area contributed by atoms with Crippen LogP contribution in [0, 0.1) is 0 Å². The molecule has 0 heterocycles. The average molecular weight is 284 g/mol. The number of nitrogens with one attached hydrogen (secondary N) is 1. The van der Waals surface area contributed by atoms with Crippen molar-refractivity contribution in [3.8, 4) is 5.75 Å². The van der Waals surface area contributed by atoms with E-state index in [0.717, 1.165) is 35.9 Å². The smallest absolute Gasteiger partial charge is 0.123 e. The second-order valence-electron chi connectivity index (χ2n) is 5.20. The van der Waals surface area contributed by atoms with E-state index in [1.807, 2.05) is 18.2 Å². The highest BCUT2D eigenvalue weighted by Crippen LogP contribution is 2.23. The molecule has 0 aromatic heterocycles. The van der Waals surface area contributed by atoms with Gasteiger partial charge in [-0.2, -0.15) is 0 Å². The minimum absolute atomic E-state index is 0.455. The van der Waals surface area contributed by atoms with E-state index in [1.54, 1.807) is 0 Å². The Morgan fingerprint density at radius 1 is 1.21 bits per heavy atom. The molecule has 0 bridgehead atoms.